The molecule has 0 radical (unpaired) electrons. The van der Waals surface area contributed by atoms with Crippen molar-refractivity contribution in [3.05, 3.63) is 29.3 Å². The van der Waals surface area contributed by atoms with E-state index in [0.29, 0.717) is 19.1 Å². The molecule has 1 atom stereocenters. The average Bonchev–Trinajstić information content (AvgIpc) is 3.25. The lowest BCUT2D eigenvalue weighted by Gasteiger charge is -2.16. The number of benzene rings is 1. The van der Waals surface area contributed by atoms with Crippen LogP contribution in [0, 0.1) is 13.8 Å². The Labute approximate surface area is 120 Å². The number of hydrogen-bond donors (Lipinski definition) is 1. The molecule has 0 amide bonds. The van der Waals surface area contributed by atoms with Crippen molar-refractivity contribution in [2.24, 2.45) is 0 Å². The van der Waals surface area contributed by atoms with Gasteiger partial charge in [-0.15, -0.1) is 0 Å². The van der Waals surface area contributed by atoms with Crippen molar-refractivity contribution in [2.75, 3.05) is 13.7 Å². The van der Waals surface area contributed by atoms with E-state index in [1.54, 1.807) is 0 Å². The van der Waals surface area contributed by atoms with E-state index in [-0.39, 0.29) is 12.0 Å². The zero-order chi connectivity index (χ0) is 14.5. The Kier molecular flexibility index (Phi) is 5.01. The minimum Gasteiger partial charge on any atom is -0.494 e. The fraction of sp³-hybridized carbons (Fsp3) is 0.562. The van der Waals surface area contributed by atoms with Gasteiger partial charge in [-0.05, 0) is 49.9 Å². The quantitative estimate of drug-likeness (QED) is 0.777. The molecule has 4 nitrogen and oxygen atoms in total. The van der Waals surface area contributed by atoms with Gasteiger partial charge in [-0.1, -0.05) is 6.07 Å². The molecule has 20 heavy (non-hydrogen) atoms. The van der Waals surface area contributed by atoms with E-state index < -0.39 is 0 Å². The van der Waals surface area contributed by atoms with E-state index in [4.69, 9.17) is 9.47 Å². The van der Waals surface area contributed by atoms with Crippen LogP contribution in [0.1, 0.15) is 30.4 Å². The lowest BCUT2D eigenvalue weighted by Crippen LogP contribution is -2.40. The van der Waals surface area contributed by atoms with Crippen molar-refractivity contribution < 1.29 is 14.3 Å². The number of hydrogen-bond acceptors (Lipinski definition) is 4. The molecule has 1 aromatic carbocycles. The highest BCUT2D eigenvalue weighted by Gasteiger charge is 2.28. The molecular formula is C16H23NO3. The van der Waals surface area contributed by atoms with Crippen LogP contribution in [0.4, 0.5) is 0 Å². The number of nitrogens with one attached hydrogen (secondary N) is 1. The maximum absolute atomic E-state index is 11.7. The molecule has 1 aromatic rings. The van der Waals surface area contributed by atoms with Gasteiger partial charge in [-0.3, -0.25) is 4.79 Å². The van der Waals surface area contributed by atoms with Crippen LogP contribution in [0.5, 0.6) is 5.75 Å². The van der Waals surface area contributed by atoms with Crippen LogP contribution in [-0.2, 0) is 9.53 Å². The largest absolute Gasteiger partial charge is 0.494 e. The molecular weight excluding hydrogens is 254 g/mol. The van der Waals surface area contributed by atoms with Gasteiger partial charge in [0.25, 0.3) is 0 Å². The zero-order valence-electron chi connectivity index (χ0n) is 12.4. The highest BCUT2D eigenvalue weighted by molar-refractivity contribution is 5.75. The first-order valence-corrected chi connectivity index (χ1v) is 7.14. The third-order valence-electron chi connectivity index (χ3n) is 3.65. The monoisotopic (exact) mass is 277 g/mol. The van der Waals surface area contributed by atoms with Crippen LogP contribution in [0.3, 0.4) is 0 Å². The molecule has 0 bridgehead atoms. The van der Waals surface area contributed by atoms with Crippen LogP contribution < -0.4 is 10.1 Å². The first-order chi connectivity index (χ1) is 9.60. The summed E-state index contributed by atoms with van der Waals surface area (Å²) in [5, 5.41) is 3.29. The molecule has 1 N–H and O–H groups in total. The number of rotatable bonds is 7. The Hall–Kier alpha value is -1.55. The van der Waals surface area contributed by atoms with Crippen LogP contribution in [-0.4, -0.2) is 31.8 Å². The Morgan fingerprint density at radius 1 is 1.35 bits per heavy atom. The van der Waals surface area contributed by atoms with Gasteiger partial charge >= 0.3 is 5.97 Å². The Morgan fingerprint density at radius 3 is 2.70 bits per heavy atom. The maximum atomic E-state index is 11.7. The molecule has 0 aliphatic heterocycles. The molecule has 4 heteroatoms. The average molecular weight is 277 g/mol. The van der Waals surface area contributed by atoms with Crippen LogP contribution in [0.25, 0.3) is 0 Å². The van der Waals surface area contributed by atoms with E-state index in [1.165, 1.54) is 18.2 Å². The Balaban J connectivity index is 1.82. The SMILES string of the molecule is COC(=O)C(CCOc1ccc(C)c(C)c1)NC1CC1. The molecule has 0 heterocycles. The van der Waals surface area contributed by atoms with Gasteiger partial charge < -0.3 is 14.8 Å². The minimum absolute atomic E-state index is 0.208. The summed E-state index contributed by atoms with van der Waals surface area (Å²) in [7, 11) is 1.42. The van der Waals surface area contributed by atoms with E-state index in [9.17, 15) is 4.79 Å². The molecule has 1 saturated carbocycles. The number of carbonyl (C=O) groups excluding carboxylic acids is 1. The fourth-order valence-corrected chi connectivity index (χ4v) is 2.04. The minimum atomic E-state index is -0.265. The lowest BCUT2D eigenvalue weighted by atomic mass is 10.1. The van der Waals surface area contributed by atoms with Crippen molar-refractivity contribution in [1.29, 1.82) is 0 Å². The highest BCUT2D eigenvalue weighted by atomic mass is 16.5. The van der Waals surface area contributed by atoms with E-state index >= 15 is 0 Å². The van der Waals surface area contributed by atoms with Crippen molar-refractivity contribution in [3.8, 4) is 5.75 Å². The molecule has 2 rings (SSSR count). The number of ether oxygens (including phenoxy) is 2. The van der Waals surface area contributed by atoms with Gasteiger partial charge in [0.2, 0.25) is 0 Å². The predicted octanol–water partition coefficient (Wildman–Crippen LogP) is 2.37. The summed E-state index contributed by atoms with van der Waals surface area (Å²) in [6, 6.07) is 6.24. The maximum Gasteiger partial charge on any atom is 0.322 e. The Morgan fingerprint density at radius 2 is 2.10 bits per heavy atom. The van der Waals surface area contributed by atoms with Crippen molar-refractivity contribution in [1.82, 2.24) is 5.32 Å². The lowest BCUT2D eigenvalue weighted by molar-refractivity contribution is -0.143. The van der Waals surface area contributed by atoms with E-state index in [1.807, 2.05) is 18.2 Å². The second kappa shape index (κ2) is 6.75. The van der Waals surface area contributed by atoms with E-state index in [2.05, 4.69) is 19.2 Å². The summed E-state index contributed by atoms with van der Waals surface area (Å²) >= 11 is 0. The first-order valence-electron chi connectivity index (χ1n) is 7.14. The third kappa shape index (κ3) is 4.23. The number of aryl methyl sites for hydroxylation is 2. The Bertz CT molecular complexity index is 469. The van der Waals surface area contributed by atoms with Crippen LogP contribution in [0.2, 0.25) is 0 Å². The first kappa shape index (κ1) is 14.9. The summed E-state index contributed by atoms with van der Waals surface area (Å²) in [6.07, 6.45) is 2.91. The molecule has 0 saturated heterocycles. The smallest absolute Gasteiger partial charge is 0.322 e. The van der Waals surface area contributed by atoms with Crippen molar-refractivity contribution in [3.63, 3.8) is 0 Å². The van der Waals surface area contributed by atoms with Crippen LogP contribution >= 0.6 is 0 Å². The number of carbonyl (C=O) groups is 1. The normalized spacial score (nSPS) is 15.8. The molecule has 1 aliphatic carbocycles. The predicted molar refractivity (Wildman–Crippen MR) is 78.0 cm³/mol. The van der Waals surface area contributed by atoms with Crippen molar-refractivity contribution >= 4 is 5.97 Å². The number of methoxy groups -OCH3 is 1. The van der Waals surface area contributed by atoms with E-state index in [0.717, 1.165) is 18.6 Å². The summed E-state index contributed by atoms with van der Waals surface area (Å²) < 4.78 is 10.5. The van der Waals surface area contributed by atoms with Crippen molar-refractivity contribution in [2.45, 2.75) is 45.2 Å². The van der Waals surface area contributed by atoms with Crippen LogP contribution in [0.15, 0.2) is 18.2 Å². The molecule has 0 aromatic heterocycles. The zero-order valence-corrected chi connectivity index (χ0v) is 12.4. The summed E-state index contributed by atoms with van der Waals surface area (Å²) in [5.74, 6) is 0.642. The second-order valence-corrected chi connectivity index (χ2v) is 5.40. The molecule has 1 unspecified atom stereocenters. The molecule has 1 fully saturated rings. The van der Waals surface area contributed by atoms with Gasteiger partial charge in [0.1, 0.15) is 11.8 Å². The molecule has 110 valence electrons. The standard InChI is InChI=1S/C16H23NO3/c1-11-4-7-14(10-12(11)2)20-9-8-15(16(18)19-3)17-13-5-6-13/h4,7,10,13,15,17H,5-6,8-9H2,1-3H3. The summed E-state index contributed by atoms with van der Waals surface area (Å²) in [5.41, 5.74) is 2.46. The summed E-state index contributed by atoms with van der Waals surface area (Å²) in [6.45, 7) is 4.64. The molecule has 1 aliphatic rings. The van der Waals surface area contributed by atoms with Gasteiger partial charge in [-0.2, -0.15) is 0 Å². The van der Waals surface area contributed by atoms with Gasteiger partial charge in [0.05, 0.1) is 13.7 Å². The van der Waals surface area contributed by atoms with Gasteiger partial charge in [0.15, 0.2) is 0 Å². The fourth-order valence-electron chi connectivity index (χ4n) is 2.04. The molecule has 0 spiro atoms. The number of esters is 1. The highest BCUT2D eigenvalue weighted by Crippen LogP contribution is 2.21. The van der Waals surface area contributed by atoms with Gasteiger partial charge in [0, 0.05) is 12.5 Å². The second-order valence-electron chi connectivity index (χ2n) is 5.40. The topological polar surface area (TPSA) is 47.6 Å². The van der Waals surface area contributed by atoms with Gasteiger partial charge in [-0.25, -0.2) is 0 Å². The third-order valence-corrected chi connectivity index (χ3v) is 3.65. The summed E-state index contributed by atoms with van der Waals surface area (Å²) in [4.78, 5) is 11.7.